The van der Waals surface area contributed by atoms with Crippen LogP contribution in [0.2, 0.25) is 0 Å². The van der Waals surface area contributed by atoms with Crippen molar-refractivity contribution in [3.05, 3.63) is 18.0 Å². The van der Waals surface area contributed by atoms with Gasteiger partial charge in [-0.25, -0.2) is 0 Å². The average Bonchev–Trinajstić information content (AvgIpc) is 3.09. The lowest BCUT2D eigenvalue weighted by molar-refractivity contribution is -0.120. The molecule has 6 nitrogen and oxygen atoms in total. The van der Waals surface area contributed by atoms with Crippen LogP contribution in [0.1, 0.15) is 37.4 Å². The molecule has 1 aliphatic carbocycles. The van der Waals surface area contributed by atoms with E-state index in [-0.39, 0.29) is 5.91 Å². The molecule has 0 unspecified atom stereocenters. The van der Waals surface area contributed by atoms with Crippen molar-refractivity contribution in [3.8, 4) is 0 Å². The highest BCUT2D eigenvalue weighted by atomic mass is 16.5. The normalized spacial score (nSPS) is 15.7. The summed E-state index contributed by atoms with van der Waals surface area (Å²) in [6, 6.07) is 2.59. The standard InChI is InChI=1S/C14H24N4O2/c1-20-9-7-16-14(19)11-15-10-12-6-8-18(17-12)13-4-2-3-5-13/h6,8,13,15H,2-5,7,9-11H2,1H3,(H,16,19). The number of aromatic nitrogens is 2. The topological polar surface area (TPSA) is 68.2 Å². The molecule has 1 aromatic heterocycles. The van der Waals surface area contributed by atoms with E-state index >= 15 is 0 Å². The number of carbonyl (C=O) groups is 1. The third-order valence-corrected chi connectivity index (χ3v) is 3.58. The maximum atomic E-state index is 11.5. The van der Waals surface area contributed by atoms with Crippen molar-refractivity contribution in [3.63, 3.8) is 0 Å². The lowest BCUT2D eigenvalue weighted by Gasteiger charge is -2.09. The minimum atomic E-state index is -0.0164. The van der Waals surface area contributed by atoms with Crippen molar-refractivity contribution >= 4 is 5.91 Å². The second kappa shape index (κ2) is 8.01. The van der Waals surface area contributed by atoms with Crippen LogP contribution in [0.4, 0.5) is 0 Å². The van der Waals surface area contributed by atoms with Crippen molar-refractivity contribution < 1.29 is 9.53 Å². The summed E-state index contributed by atoms with van der Waals surface area (Å²) in [4.78, 5) is 11.5. The van der Waals surface area contributed by atoms with Gasteiger partial charge in [0, 0.05) is 26.4 Å². The Bertz CT molecular complexity index is 413. The third-order valence-electron chi connectivity index (χ3n) is 3.58. The van der Waals surface area contributed by atoms with Crippen LogP contribution in [-0.4, -0.2) is 42.5 Å². The van der Waals surface area contributed by atoms with E-state index in [4.69, 9.17) is 4.74 Å². The molecule has 2 N–H and O–H groups in total. The van der Waals surface area contributed by atoms with Crippen molar-refractivity contribution in [2.45, 2.75) is 38.3 Å². The molecule has 112 valence electrons. The molecule has 0 radical (unpaired) electrons. The van der Waals surface area contributed by atoms with Crippen LogP contribution in [0.5, 0.6) is 0 Å². The first-order valence-electron chi connectivity index (χ1n) is 7.30. The van der Waals surface area contributed by atoms with Gasteiger partial charge in [0.2, 0.25) is 5.91 Å². The summed E-state index contributed by atoms with van der Waals surface area (Å²) in [6.07, 6.45) is 7.12. The first-order valence-corrected chi connectivity index (χ1v) is 7.30. The summed E-state index contributed by atoms with van der Waals surface area (Å²) in [5.41, 5.74) is 0.988. The quantitative estimate of drug-likeness (QED) is 0.693. The molecule has 1 aromatic rings. The van der Waals surface area contributed by atoms with E-state index in [0.29, 0.717) is 32.3 Å². The van der Waals surface area contributed by atoms with Gasteiger partial charge in [0.25, 0.3) is 0 Å². The highest BCUT2D eigenvalue weighted by Gasteiger charge is 2.17. The molecule has 0 atom stereocenters. The Morgan fingerprint density at radius 3 is 3.05 bits per heavy atom. The molecule has 1 aliphatic rings. The molecule has 6 heteroatoms. The molecular weight excluding hydrogens is 256 g/mol. The monoisotopic (exact) mass is 280 g/mol. The molecule has 0 aliphatic heterocycles. The summed E-state index contributed by atoms with van der Waals surface area (Å²) in [7, 11) is 1.62. The van der Waals surface area contributed by atoms with Gasteiger partial charge < -0.3 is 15.4 Å². The smallest absolute Gasteiger partial charge is 0.234 e. The number of carbonyl (C=O) groups excluding carboxylic acids is 1. The molecular formula is C14H24N4O2. The van der Waals surface area contributed by atoms with Gasteiger partial charge in [-0.1, -0.05) is 12.8 Å². The lowest BCUT2D eigenvalue weighted by atomic mass is 10.3. The third kappa shape index (κ3) is 4.61. The number of methoxy groups -OCH3 is 1. The van der Waals surface area contributed by atoms with Gasteiger partial charge in [-0.2, -0.15) is 5.10 Å². The highest BCUT2D eigenvalue weighted by molar-refractivity contribution is 5.77. The number of hydrogen-bond donors (Lipinski definition) is 2. The second-order valence-corrected chi connectivity index (χ2v) is 5.17. The maximum Gasteiger partial charge on any atom is 0.234 e. The Kier molecular flexibility index (Phi) is 6.01. The summed E-state index contributed by atoms with van der Waals surface area (Å²) in [5, 5.41) is 10.4. The van der Waals surface area contributed by atoms with Gasteiger partial charge in [-0.3, -0.25) is 9.48 Å². The van der Waals surface area contributed by atoms with Crippen molar-refractivity contribution in [2.75, 3.05) is 26.8 Å². The second-order valence-electron chi connectivity index (χ2n) is 5.17. The number of nitrogens with one attached hydrogen (secondary N) is 2. The molecule has 20 heavy (non-hydrogen) atoms. The van der Waals surface area contributed by atoms with Crippen LogP contribution in [0.25, 0.3) is 0 Å². The van der Waals surface area contributed by atoms with Gasteiger partial charge in [0.15, 0.2) is 0 Å². The zero-order chi connectivity index (χ0) is 14.2. The van der Waals surface area contributed by atoms with Crippen LogP contribution in [0.15, 0.2) is 12.3 Å². The minimum absolute atomic E-state index is 0.0164. The van der Waals surface area contributed by atoms with E-state index < -0.39 is 0 Å². The first-order chi connectivity index (χ1) is 9.79. The molecule has 1 amide bonds. The summed E-state index contributed by atoms with van der Waals surface area (Å²) in [5.74, 6) is -0.0164. The Morgan fingerprint density at radius 2 is 2.30 bits per heavy atom. The van der Waals surface area contributed by atoms with E-state index in [2.05, 4.69) is 20.4 Å². The predicted molar refractivity (Wildman–Crippen MR) is 76.3 cm³/mol. The van der Waals surface area contributed by atoms with Gasteiger partial charge in [-0.15, -0.1) is 0 Å². The minimum Gasteiger partial charge on any atom is -0.383 e. The predicted octanol–water partition coefficient (Wildman–Crippen LogP) is 0.850. The zero-order valence-electron chi connectivity index (χ0n) is 12.1. The average molecular weight is 280 g/mol. The van der Waals surface area contributed by atoms with Gasteiger partial charge in [-0.05, 0) is 18.9 Å². The van der Waals surface area contributed by atoms with Gasteiger partial charge in [0.1, 0.15) is 0 Å². The molecule has 2 rings (SSSR count). The molecule has 1 saturated carbocycles. The van der Waals surface area contributed by atoms with Crippen LogP contribution in [0.3, 0.4) is 0 Å². The number of nitrogens with zero attached hydrogens (tertiary/aromatic N) is 2. The Balaban J connectivity index is 1.65. The fraction of sp³-hybridized carbons (Fsp3) is 0.714. The van der Waals surface area contributed by atoms with Crippen LogP contribution < -0.4 is 10.6 Å². The first kappa shape index (κ1) is 15.0. The Morgan fingerprint density at radius 1 is 1.50 bits per heavy atom. The number of rotatable bonds is 8. The molecule has 0 bridgehead atoms. The molecule has 0 spiro atoms. The van der Waals surface area contributed by atoms with Crippen molar-refractivity contribution in [2.24, 2.45) is 0 Å². The van der Waals surface area contributed by atoms with E-state index in [1.807, 2.05) is 12.3 Å². The molecule has 0 aromatic carbocycles. The summed E-state index contributed by atoms with van der Waals surface area (Å²) < 4.78 is 6.94. The van der Waals surface area contributed by atoms with Crippen molar-refractivity contribution in [1.29, 1.82) is 0 Å². The number of ether oxygens (including phenoxy) is 1. The van der Waals surface area contributed by atoms with Crippen LogP contribution in [-0.2, 0) is 16.1 Å². The van der Waals surface area contributed by atoms with Crippen LogP contribution in [0, 0.1) is 0 Å². The molecule has 1 heterocycles. The zero-order valence-corrected chi connectivity index (χ0v) is 12.1. The van der Waals surface area contributed by atoms with Gasteiger partial charge >= 0.3 is 0 Å². The highest BCUT2D eigenvalue weighted by Crippen LogP contribution is 2.28. The fourth-order valence-electron chi connectivity index (χ4n) is 2.50. The largest absolute Gasteiger partial charge is 0.383 e. The van der Waals surface area contributed by atoms with Crippen LogP contribution >= 0.6 is 0 Å². The molecule has 1 fully saturated rings. The van der Waals surface area contributed by atoms with Crippen molar-refractivity contribution in [1.82, 2.24) is 20.4 Å². The molecule has 0 saturated heterocycles. The number of hydrogen-bond acceptors (Lipinski definition) is 4. The van der Waals surface area contributed by atoms with E-state index in [1.54, 1.807) is 7.11 Å². The Labute approximate surface area is 119 Å². The number of amides is 1. The maximum absolute atomic E-state index is 11.5. The van der Waals surface area contributed by atoms with E-state index in [9.17, 15) is 4.79 Å². The van der Waals surface area contributed by atoms with E-state index in [0.717, 1.165) is 5.69 Å². The van der Waals surface area contributed by atoms with E-state index in [1.165, 1.54) is 25.7 Å². The Hall–Kier alpha value is -1.40. The summed E-state index contributed by atoms with van der Waals surface area (Å²) in [6.45, 7) is 2.02. The SMILES string of the molecule is COCCNC(=O)CNCc1ccn(C2CCCC2)n1. The van der Waals surface area contributed by atoms with Gasteiger partial charge in [0.05, 0.1) is 24.9 Å². The lowest BCUT2D eigenvalue weighted by Crippen LogP contribution is -2.35. The summed E-state index contributed by atoms with van der Waals surface area (Å²) >= 11 is 0. The fourth-order valence-corrected chi connectivity index (χ4v) is 2.50.